The third-order valence-corrected chi connectivity index (χ3v) is 2.66. The summed E-state index contributed by atoms with van der Waals surface area (Å²) in [5.41, 5.74) is 3.03. The molecule has 2 aromatic heterocycles. The maximum Gasteiger partial charge on any atom is 0.155 e. The van der Waals surface area contributed by atoms with E-state index < -0.39 is 0 Å². The minimum atomic E-state index is 0.791. The number of hydrogen-bond acceptors (Lipinski definition) is 4. The highest BCUT2D eigenvalue weighted by atomic mass is 16.5. The normalized spacial score (nSPS) is 11.2. The highest BCUT2D eigenvalue weighted by Crippen LogP contribution is 2.04. The molecule has 0 saturated heterocycles. The molecule has 0 atom stereocenters. The maximum atomic E-state index is 5.28. The molecule has 0 fully saturated rings. The Hall–Kier alpha value is -1.46. The van der Waals surface area contributed by atoms with E-state index in [1.165, 1.54) is 0 Å². The summed E-state index contributed by atoms with van der Waals surface area (Å²) >= 11 is 0. The summed E-state index contributed by atoms with van der Waals surface area (Å²) in [5.74, 6) is 0. The first-order valence-electron chi connectivity index (χ1n) is 6.39. The first-order chi connectivity index (χ1) is 8.79. The standard InChI is InChI=1S/C13H20N4O/c1-3-18-6-4-5-14-8-12-9-15-13-7-11(2)16-17(13)10-12/h7,9-10,14H,3-6,8H2,1-2H3. The molecule has 5 nitrogen and oxygen atoms in total. The van der Waals surface area contributed by atoms with Crippen LogP contribution in [0, 0.1) is 6.92 Å². The molecule has 0 aliphatic carbocycles. The Labute approximate surface area is 107 Å². The van der Waals surface area contributed by atoms with Crippen LogP contribution in [0.15, 0.2) is 18.5 Å². The Kier molecular flexibility index (Phi) is 4.66. The van der Waals surface area contributed by atoms with Crippen LogP contribution >= 0.6 is 0 Å². The molecule has 98 valence electrons. The van der Waals surface area contributed by atoms with Gasteiger partial charge in [0.05, 0.1) is 5.69 Å². The highest BCUT2D eigenvalue weighted by Gasteiger charge is 2.00. The van der Waals surface area contributed by atoms with Crippen LogP contribution in [0.3, 0.4) is 0 Å². The third-order valence-electron chi connectivity index (χ3n) is 2.66. The van der Waals surface area contributed by atoms with Crippen molar-refractivity contribution in [1.29, 1.82) is 0 Å². The van der Waals surface area contributed by atoms with E-state index in [1.54, 1.807) is 0 Å². The minimum absolute atomic E-state index is 0.791. The van der Waals surface area contributed by atoms with E-state index in [9.17, 15) is 0 Å². The molecule has 0 aliphatic heterocycles. The number of nitrogens with one attached hydrogen (secondary N) is 1. The van der Waals surface area contributed by atoms with E-state index in [0.717, 1.165) is 49.6 Å². The van der Waals surface area contributed by atoms with Crippen molar-refractivity contribution in [2.45, 2.75) is 26.8 Å². The summed E-state index contributed by atoms with van der Waals surface area (Å²) in [4.78, 5) is 4.37. The van der Waals surface area contributed by atoms with Gasteiger partial charge in [0.15, 0.2) is 5.65 Å². The van der Waals surface area contributed by atoms with Gasteiger partial charge in [-0.15, -0.1) is 0 Å². The molecule has 0 radical (unpaired) electrons. The van der Waals surface area contributed by atoms with Crippen molar-refractivity contribution in [3.05, 3.63) is 29.7 Å². The van der Waals surface area contributed by atoms with Crippen molar-refractivity contribution in [2.24, 2.45) is 0 Å². The van der Waals surface area contributed by atoms with Gasteiger partial charge in [0.2, 0.25) is 0 Å². The topological polar surface area (TPSA) is 51.5 Å². The molecule has 0 unspecified atom stereocenters. The molecule has 2 rings (SSSR count). The molecule has 0 aliphatic rings. The summed E-state index contributed by atoms with van der Waals surface area (Å²) in [6.07, 6.45) is 4.95. The van der Waals surface area contributed by atoms with Crippen molar-refractivity contribution in [1.82, 2.24) is 19.9 Å². The molecule has 0 aromatic carbocycles. The lowest BCUT2D eigenvalue weighted by Crippen LogP contribution is -2.17. The maximum absolute atomic E-state index is 5.28. The van der Waals surface area contributed by atoms with Crippen LogP contribution in [0.25, 0.3) is 5.65 Å². The number of fused-ring (bicyclic) bond motifs is 1. The Bertz CT molecular complexity index is 495. The van der Waals surface area contributed by atoms with E-state index in [2.05, 4.69) is 15.4 Å². The molecule has 0 amide bonds. The smallest absolute Gasteiger partial charge is 0.155 e. The van der Waals surface area contributed by atoms with Crippen molar-refractivity contribution >= 4 is 5.65 Å². The van der Waals surface area contributed by atoms with Gasteiger partial charge >= 0.3 is 0 Å². The van der Waals surface area contributed by atoms with Crippen molar-refractivity contribution < 1.29 is 4.74 Å². The van der Waals surface area contributed by atoms with E-state index in [-0.39, 0.29) is 0 Å². The molecule has 2 heterocycles. The summed E-state index contributed by atoms with van der Waals surface area (Å²) in [6.45, 7) is 7.36. The van der Waals surface area contributed by atoms with Crippen LogP contribution in [0.2, 0.25) is 0 Å². The summed E-state index contributed by atoms with van der Waals surface area (Å²) in [7, 11) is 0. The first kappa shape index (κ1) is 13.0. The molecule has 18 heavy (non-hydrogen) atoms. The van der Waals surface area contributed by atoms with E-state index >= 15 is 0 Å². The highest BCUT2D eigenvalue weighted by molar-refractivity contribution is 5.38. The molecule has 2 aromatic rings. The second-order valence-corrected chi connectivity index (χ2v) is 4.28. The fraction of sp³-hybridized carbons (Fsp3) is 0.538. The number of aryl methyl sites for hydroxylation is 1. The lowest BCUT2D eigenvalue weighted by Gasteiger charge is -2.05. The zero-order chi connectivity index (χ0) is 12.8. The fourth-order valence-corrected chi connectivity index (χ4v) is 1.80. The van der Waals surface area contributed by atoms with Crippen molar-refractivity contribution in [2.75, 3.05) is 19.8 Å². The van der Waals surface area contributed by atoms with Gasteiger partial charge in [-0.1, -0.05) is 0 Å². The second kappa shape index (κ2) is 6.47. The van der Waals surface area contributed by atoms with E-state index in [4.69, 9.17) is 4.74 Å². The summed E-state index contributed by atoms with van der Waals surface area (Å²) < 4.78 is 7.11. The Balaban J connectivity index is 1.80. The SMILES string of the molecule is CCOCCCNCc1cnc2cc(C)nn2c1. The zero-order valence-corrected chi connectivity index (χ0v) is 11.0. The van der Waals surface area contributed by atoms with Gasteiger partial charge in [-0.25, -0.2) is 9.50 Å². The van der Waals surface area contributed by atoms with E-state index in [0.29, 0.717) is 0 Å². The Morgan fingerprint density at radius 3 is 3.17 bits per heavy atom. The molecule has 0 spiro atoms. The predicted octanol–water partition coefficient (Wildman–Crippen LogP) is 1.55. The largest absolute Gasteiger partial charge is 0.382 e. The predicted molar refractivity (Wildman–Crippen MR) is 70.5 cm³/mol. The number of nitrogens with zero attached hydrogens (tertiary/aromatic N) is 3. The number of hydrogen-bond donors (Lipinski definition) is 1. The van der Waals surface area contributed by atoms with Crippen LogP contribution in [0.4, 0.5) is 0 Å². The molecular weight excluding hydrogens is 228 g/mol. The molecular formula is C13H20N4O. The van der Waals surface area contributed by atoms with Gasteiger partial charge in [-0.2, -0.15) is 5.10 Å². The Morgan fingerprint density at radius 1 is 1.44 bits per heavy atom. The average Bonchev–Trinajstić information content (AvgIpc) is 2.73. The summed E-state index contributed by atoms with van der Waals surface area (Å²) in [6, 6.07) is 1.97. The van der Waals surface area contributed by atoms with Gasteiger partial charge in [-0.05, 0) is 26.8 Å². The van der Waals surface area contributed by atoms with Gasteiger partial charge in [-0.3, -0.25) is 0 Å². The van der Waals surface area contributed by atoms with Crippen LogP contribution < -0.4 is 5.32 Å². The monoisotopic (exact) mass is 248 g/mol. The first-order valence-corrected chi connectivity index (χ1v) is 6.39. The van der Waals surface area contributed by atoms with Crippen molar-refractivity contribution in [3.63, 3.8) is 0 Å². The van der Waals surface area contributed by atoms with E-state index in [1.807, 2.05) is 36.8 Å². The van der Waals surface area contributed by atoms with Crippen LogP contribution in [0.1, 0.15) is 24.6 Å². The van der Waals surface area contributed by atoms with Crippen LogP contribution in [-0.2, 0) is 11.3 Å². The zero-order valence-electron chi connectivity index (χ0n) is 11.0. The van der Waals surface area contributed by atoms with Gasteiger partial charge < -0.3 is 10.1 Å². The Morgan fingerprint density at radius 2 is 2.33 bits per heavy atom. The lowest BCUT2D eigenvalue weighted by atomic mass is 10.3. The molecule has 5 heteroatoms. The number of aromatic nitrogens is 3. The van der Waals surface area contributed by atoms with Crippen molar-refractivity contribution in [3.8, 4) is 0 Å². The fourth-order valence-electron chi connectivity index (χ4n) is 1.80. The third kappa shape index (κ3) is 3.51. The quantitative estimate of drug-likeness (QED) is 0.755. The second-order valence-electron chi connectivity index (χ2n) is 4.28. The van der Waals surface area contributed by atoms with Gasteiger partial charge in [0, 0.05) is 43.8 Å². The molecule has 0 saturated carbocycles. The van der Waals surface area contributed by atoms with Crippen LogP contribution in [-0.4, -0.2) is 34.4 Å². The van der Waals surface area contributed by atoms with Gasteiger partial charge in [0.1, 0.15) is 0 Å². The average molecular weight is 248 g/mol. The number of rotatable bonds is 7. The van der Waals surface area contributed by atoms with Crippen LogP contribution in [0.5, 0.6) is 0 Å². The summed E-state index contributed by atoms with van der Waals surface area (Å²) in [5, 5.41) is 7.72. The molecule has 1 N–H and O–H groups in total. The number of ether oxygens (including phenoxy) is 1. The lowest BCUT2D eigenvalue weighted by molar-refractivity contribution is 0.144. The minimum Gasteiger partial charge on any atom is -0.382 e. The molecule has 0 bridgehead atoms. The van der Waals surface area contributed by atoms with Gasteiger partial charge in [0.25, 0.3) is 0 Å².